The number of primary amides is 2. The van der Waals surface area contributed by atoms with Gasteiger partial charge in [-0.2, -0.15) is 0 Å². The summed E-state index contributed by atoms with van der Waals surface area (Å²) in [4.78, 5) is 21.1. The third-order valence-corrected chi connectivity index (χ3v) is 1.81. The van der Waals surface area contributed by atoms with E-state index in [1.54, 1.807) is 0 Å². The molecule has 75 valence electrons. The van der Waals surface area contributed by atoms with E-state index in [9.17, 15) is 9.59 Å². The van der Waals surface area contributed by atoms with Crippen molar-refractivity contribution >= 4 is 11.9 Å². The van der Waals surface area contributed by atoms with Gasteiger partial charge in [-0.05, 0) is 12.8 Å². The Labute approximate surface area is 76.8 Å². The monoisotopic (exact) mass is 187 g/mol. The lowest BCUT2D eigenvalue weighted by atomic mass is 9.92. The molecule has 0 aliphatic heterocycles. The van der Waals surface area contributed by atoms with Crippen molar-refractivity contribution in [2.75, 3.05) is 6.54 Å². The van der Waals surface area contributed by atoms with Gasteiger partial charge in [0.15, 0.2) is 0 Å². The van der Waals surface area contributed by atoms with E-state index < -0.39 is 17.5 Å². The van der Waals surface area contributed by atoms with Crippen LogP contribution >= 0.6 is 0 Å². The van der Waals surface area contributed by atoms with E-state index in [0.717, 1.165) is 0 Å². The van der Waals surface area contributed by atoms with Crippen molar-refractivity contribution in [3.8, 4) is 0 Å². The van der Waals surface area contributed by atoms with Crippen molar-refractivity contribution in [1.29, 1.82) is 0 Å². The van der Waals surface area contributed by atoms with E-state index in [1.807, 2.05) is 0 Å². The number of carbonyl (C=O) groups excluding carboxylic acids is 2. The predicted molar refractivity (Wildman–Crippen MR) is 48.3 cm³/mol. The van der Waals surface area contributed by atoms with Crippen LogP contribution < -0.4 is 22.5 Å². The molecule has 1 atom stereocenters. The molecule has 0 saturated carbocycles. The Bertz CT molecular complexity index is 207. The fourth-order valence-corrected chi connectivity index (χ4v) is 0.780. The summed E-state index contributed by atoms with van der Waals surface area (Å²) in [5, 5.41) is 2.31. The van der Waals surface area contributed by atoms with Gasteiger partial charge in [0.05, 0.1) is 5.54 Å². The molecule has 6 heteroatoms. The van der Waals surface area contributed by atoms with Crippen molar-refractivity contribution in [1.82, 2.24) is 5.32 Å². The summed E-state index contributed by atoms with van der Waals surface area (Å²) < 4.78 is 0. The molecule has 6 nitrogen and oxygen atoms in total. The van der Waals surface area contributed by atoms with Gasteiger partial charge in [0.1, 0.15) is 0 Å². The van der Waals surface area contributed by atoms with Crippen LogP contribution in [0.5, 0.6) is 0 Å². The van der Waals surface area contributed by atoms with E-state index >= 15 is 0 Å². The standard InChI is InChI=1S/C7H15N4O2/c1-2-7(10,5(8)12)3-4-11-6(9)13/h1-4,10H2,(H2,8,12)(H3,9,11,13). The number of nitrogens with one attached hydrogen (secondary N) is 1. The van der Waals surface area contributed by atoms with Crippen molar-refractivity contribution in [2.45, 2.75) is 18.4 Å². The molecule has 0 bridgehead atoms. The van der Waals surface area contributed by atoms with Crippen molar-refractivity contribution in [3.63, 3.8) is 0 Å². The van der Waals surface area contributed by atoms with E-state index in [0.29, 0.717) is 0 Å². The summed E-state index contributed by atoms with van der Waals surface area (Å²) in [5.41, 5.74) is 14.3. The minimum atomic E-state index is -1.16. The largest absolute Gasteiger partial charge is 0.368 e. The molecule has 0 aliphatic rings. The highest BCUT2D eigenvalue weighted by molar-refractivity contribution is 5.84. The highest BCUT2D eigenvalue weighted by Gasteiger charge is 2.28. The van der Waals surface area contributed by atoms with E-state index in [-0.39, 0.29) is 19.4 Å². The average molecular weight is 187 g/mol. The van der Waals surface area contributed by atoms with E-state index in [4.69, 9.17) is 17.2 Å². The highest BCUT2D eigenvalue weighted by Crippen LogP contribution is 2.09. The van der Waals surface area contributed by atoms with Crippen LogP contribution in [0, 0.1) is 6.92 Å². The first-order valence-electron chi connectivity index (χ1n) is 3.83. The molecule has 1 radical (unpaired) electrons. The minimum Gasteiger partial charge on any atom is -0.368 e. The van der Waals surface area contributed by atoms with Crippen LogP contribution in [-0.2, 0) is 4.79 Å². The van der Waals surface area contributed by atoms with Gasteiger partial charge in [0.25, 0.3) is 0 Å². The predicted octanol–water partition coefficient (Wildman–Crippen LogP) is -1.55. The topological polar surface area (TPSA) is 124 Å². The normalized spacial score (nSPS) is 14.6. The van der Waals surface area contributed by atoms with Gasteiger partial charge in [-0.25, -0.2) is 4.79 Å². The smallest absolute Gasteiger partial charge is 0.312 e. The minimum absolute atomic E-state index is 0.183. The zero-order valence-electron chi connectivity index (χ0n) is 7.38. The number of rotatable bonds is 5. The van der Waals surface area contributed by atoms with Crippen LogP contribution in [-0.4, -0.2) is 24.0 Å². The molecule has 3 amide bonds. The number of urea groups is 1. The molecule has 7 N–H and O–H groups in total. The Balaban J connectivity index is 3.98. The van der Waals surface area contributed by atoms with Crippen molar-refractivity contribution < 1.29 is 9.59 Å². The maximum atomic E-state index is 10.8. The van der Waals surface area contributed by atoms with Gasteiger partial charge in [-0.15, -0.1) is 0 Å². The van der Waals surface area contributed by atoms with Crippen LogP contribution in [0.15, 0.2) is 0 Å². The molecule has 0 aliphatic carbocycles. The van der Waals surface area contributed by atoms with Crippen molar-refractivity contribution in [2.24, 2.45) is 17.2 Å². The lowest BCUT2D eigenvalue weighted by Gasteiger charge is -2.23. The third-order valence-electron chi connectivity index (χ3n) is 1.81. The number of carbonyl (C=O) groups is 2. The van der Waals surface area contributed by atoms with Gasteiger partial charge in [-0.3, -0.25) is 4.79 Å². The van der Waals surface area contributed by atoms with Crippen LogP contribution in [0.4, 0.5) is 4.79 Å². The summed E-state index contributed by atoms with van der Waals surface area (Å²) >= 11 is 0. The molecule has 13 heavy (non-hydrogen) atoms. The summed E-state index contributed by atoms with van der Waals surface area (Å²) in [5.74, 6) is -0.631. The second kappa shape index (κ2) is 4.66. The van der Waals surface area contributed by atoms with Crippen LogP contribution in [0.25, 0.3) is 0 Å². The first-order chi connectivity index (χ1) is 5.92. The summed E-state index contributed by atoms with van der Waals surface area (Å²) in [6.45, 7) is 3.72. The molecule has 1 unspecified atom stereocenters. The number of hydrogen-bond donors (Lipinski definition) is 4. The molecule has 0 aromatic heterocycles. The van der Waals surface area contributed by atoms with Gasteiger partial charge >= 0.3 is 6.03 Å². The number of nitrogens with two attached hydrogens (primary N) is 3. The summed E-state index contributed by atoms with van der Waals surface area (Å²) in [6.07, 6.45) is 0.414. The fourth-order valence-electron chi connectivity index (χ4n) is 0.780. The molecule has 0 saturated heterocycles. The van der Waals surface area contributed by atoms with Crippen LogP contribution in [0.1, 0.15) is 12.8 Å². The Morgan fingerprint density at radius 3 is 2.23 bits per heavy atom. The third kappa shape index (κ3) is 3.75. The molecule has 0 aromatic carbocycles. The zero-order chi connectivity index (χ0) is 10.5. The Morgan fingerprint density at radius 2 is 1.92 bits per heavy atom. The molecular weight excluding hydrogens is 172 g/mol. The molecule has 0 spiro atoms. The quantitative estimate of drug-likeness (QED) is 0.416. The van der Waals surface area contributed by atoms with Gasteiger partial charge < -0.3 is 22.5 Å². The Hall–Kier alpha value is -1.30. The molecule has 0 heterocycles. The van der Waals surface area contributed by atoms with Crippen molar-refractivity contribution in [3.05, 3.63) is 6.92 Å². The molecule has 0 fully saturated rings. The Morgan fingerprint density at radius 1 is 1.38 bits per heavy atom. The van der Waals surface area contributed by atoms with Gasteiger partial charge in [0, 0.05) is 6.54 Å². The first-order valence-corrected chi connectivity index (χ1v) is 3.83. The maximum Gasteiger partial charge on any atom is 0.312 e. The lowest BCUT2D eigenvalue weighted by molar-refractivity contribution is -0.123. The van der Waals surface area contributed by atoms with Crippen LogP contribution in [0.2, 0.25) is 0 Å². The molecule has 0 rings (SSSR count). The first kappa shape index (κ1) is 11.7. The second-order valence-electron chi connectivity index (χ2n) is 2.81. The highest BCUT2D eigenvalue weighted by atomic mass is 16.2. The van der Waals surface area contributed by atoms with Gasteiger partial charge in [0.2, 0.25) is 5.91 Å². The van der Waals surface area contributed by atoms with E-state index in [2.05, 4.69) is 12.2 Å². The summed E-state index contributed by atoms with van der Waals surface area (Å²) in [7, 11) is 0. The van der Waals surface area contributed by atoms with Gasteiger partial charge in [-0.1, -0.05) is 6.92 Å². The zero-order valence-corrected chi connectivity index (χ0v) is 7.38. The van der Waals surface area contributed by atoms with E-state index in [1.165, 1.54) is 0 Å². The average Bonchev–Trinajstić information content (AvgIpc) is 2.03. The van der Waals surface area contributed by atoms with Crippen LogP contribution in [0.3, 0.4) is 0 Å². The Kier molecular flexibility index (Phi) is 4.19. The second-order valence-corrected chi connectivity index (χ2v) is 2.81. The maximum absolute atomic E-state index is 10.8. The SMILES string of the molecule is [CH2]CC(N)(CCNC(N)=O)C(N)=O. The summed E-state index contributed by atoms with van der Waals surface area (Å²) in [6, 6.07) is -0.657. The number of hydrogen-bond acceptors (Lipinski definition) is 3. The fraction of sp³-hybridized carbons (Fsp3) is 0.571. The molecular formula is C7H15N4O2. The number of amides is 3. The lowest BCUT2D eigenvalue weighted by Crippen LogP contribution is -2.53. The molecule has 0 aromatic rings.